The van der Waals surface area contributed by atoms with Crippen molar-refractivity contribution in [2.75, 3.05) is 10.6 Å². The molecule has 4 nitrogen and oxygen atoms in total. The number of hydrogen-bond acceptors (Lipinski definition) is 4. The van der Waals surface area contributed by atoms with E-state index in [1.807, 2.05) is 66.7 Å². The summed E-state index contributed by atoms with van der Waals surface area (Å²) in [6, 6.07) is 28.6. The molecule has 0 atom stereocenters. The number of carbonyl (C=O) groups is 2. The average molecular weight is 447 g/mol. The summed E-state index contributed by atoms with van der Waals surface area (Å²) in [6.07, 6.45) is 0. The summed E-state index contributed by atoms with van der Waals surface area (Å²) >= 11 is 0. The largest absolute Gasteiger partial charge is 0.355 e. The van der Waals surface area contributed by atoms with E-state index in [0.29, 0.717) is 33.6 Å². The van der Waals surface area contributed by atoms with Gasteiger partial charge in [-0.15, -0.1) is 0 Å². The molecule has 0 fully saturated rings. The van der Waals surface area contributed by atoms with Crippen molar-refractivity contribution < 1.29 is 9.59 Å². The number of anilines is 4. The lowest BCUT2D eigenvalue weighted by molar-refractivity contribution is 0.0980. The molecule has 0 amide bonds. The van der Waals surface area contributed by atoms with Crippen LogP contribution in [-0.2, 0) is 5.41 Å². The first-order valence-electron chi connectivity index (χ1n) is 11.4. The quantitative estimate of drug-likeness (QED) is 0.305. The van der Waals surface area contributed by atoms with Crippen molar-refractivity contribution in [3.05, 3.63) is 119 Å². The second-order valence-electron chi connectivity index (χ2n) is 9.56. The van der Waals surface area contributed by atoms with Gasteiger partial charge in [-0.25, -0.2) is 0 Å². The molecule has 0 unspecified atom stereocenters. The van der Waals surface area contributed by atoms with E-state index in [1.54, 1.807) is 12.1 Å². The normalized spacial score (nSPS) is 12.7. The maximum Gasteiger partial charge on any atom is 0.196 e. The molecule has 4 aromatic rings. The standard InChI is InChI=1S/C30H26N2O2/c1-30(2,3)19-15-17-21(18-16-19)32-25-14-8-12-23-27(25)29(34)22-11-7-13-24(26(22)28(23)33)31-20-9-5-4-6-10-20/h4-18,31-32H,1-3H3. The Kier molecular flexibility index (Phi) is 5.29. The Morgan fingerprint density at radius 2 is 1.00 bits per heavy atom. The van der Waals surface area contributed by atoms with Gasteiger partial charge in [0.15, 0.2) is 11.6 Å². The van der Waals surface area contributed by atoms with Crippen molar-refractivity contribution in [3.8, 4) is 0 Å². The molecule has 0 saturated carbocycles. The highest BCUT2D eigenvalue weighted by Gasteiger charge is 2.33. The highest BCUT2D eigenvalue weighted by molar-refractivity contribution is 6.32. The first kappa shape index (κ1) is 21.7. The Bertz CT molecular complexity index is 1400. The van der Waals surface area contributed by atoms with Gasteiger partial charge in [0.1, 0.15) is 0 Å². The molecule has 0 heterocycles. The van der Waals surface area contributed by atoms with Gasteiger partial charge in [-0.3, -0.25) is 9.59 Å². The van der Waals surface area contributed by atoms with E-state index < -0.39 is 0 Å². The van der Waals surface area contributed by atoms with Crippen LogP contribution >= 0.6 is 0 Å². The number of para-hydroxylation sites is 1. The molecule has 5 rings (SSSR count). The molecule has 1 aliphatic carbocycles. The number of fused-ring (bicyclic) bond motifs is 2. The lowest BCUT2D eigenvalue weighted by atomic mass is 9.82. The van der Waals surface area contributed by atoms with Gasteiger partial charge in [0.25, 0.3) is 0 Å². The molecule has 4 aromatic carbocycles. The van der Waals surface area contributed by atoms with E-state index in [-0.39, 0.29) is 17.0 Å². The van der Waals surface area contributed by atoms with Crippen LogP contribution in [0.4, 0.5) is 22.7 Å². The first-order chi connectivity index (χ1) is 16.3. The minimum atomic E-state index is -0.157. The van der Waals surface area contributed by atoms with Crippen LogP contribution in [0.15, 0.2) is 91.0 Å². The number of benzene rings is 4. The Hall–Kier alpha value is -4.18. The fraction of sp³-hybridized carbons (Fsp3) is 0.133. The smallest absolute Gasteiger partial charge is 0.196 e. The zero-order valence-corrected chi connectivity index (χ0v) is 19.5. The van der Waals surface area contributed by atoms with Crippen molar-refractivity contribution in [2.24, 2.45) is 0 Å². The van der Waals surface area contributed by atoms with Crippen LogP contribution in [0.3, 0.4) is 0 Å². The second kappa shape index (κ2) is 8.31. The van der Waals surface area contributed by atoms with Crippen LogP contribution in [0.1, 0.15) is 58.2 Å². The molecular formula is C30H26N2O2. The minimum absolute atomic E-state index is 0.0576. The molecule has 34 heavy (non-hydrogen) atoms. The van der Waals surface area contributed by atoms with E-state index in [2.05, 4.69) is 43.5 Å². The van der Waals surface area contributed by atoms with Crippen molar-refractivity contribution in [1.29, 1.82) is 0 Å². The SMILES string of the molecule is CC(C)(C)c1ccc(Nc2cccc3c2C(=O)c2cccc(Nc4ccccc4)c2C3=O)cc1. The Morgan fingerprint density at radius 3 is 1.47 bits per heavy atom. The zero-order valence-electron chi connectivity index (χ0n) is 19.5. The summed E-state index contributed by atoms with van der Waals surface area (Å²) < 4.78 is 0. The number of rotatable bonds is 4. The van der Waals surface area contributed by atoms with E-state index in [1.165, 1.54) is 5.56 Å². The van der Waals surface area contributed by atoms with E-state index in [0.717, 1.165) is 11.4 Å². The molecule has 0 bridgehead atoms. The molecule has 0 spiro atoms. The highest BCUT2D eigenvalue weighted by atomic mass is 16.1. The third-order valence-electron chi connectivity index (χ3n) is 6.16. The molecule has 1 aliphatic rings. The van der Waals surface area contributed by atoms with Gasteiger partial charge in [-0.2, -0.15) is 0 Å². The molecule has 2 N–H and O–H groups in total. The van der Waals surface area contributed by atoms with E-state index in [4.69, 9.17) is 0 Å². The first-order valence-corrected chi connectivity index (χ1v) is 11.4. The van der Waals surface area contributed by atoms with Gasteiger partial charge < -0.3 is 10.6 Å². The summed E-state index contributed by atoms with van der Waals surface area (Å²) in [5.41, 5.74) is 5.92. The van der Waals surface area contributed by atoms with Gasteiger partial charge in [-0.05, 0) is 47.4 Å². The van der Waals surface area contributed by atoms with Crippen molar-refractivity contribution in [2.45, 2.75) is 26.2 Å². The van der Waals surface area contributed by atoms with Crippen LogP contribution < -0.4 is 10.6 Å². The number of hydrogen-bond donors (Lipinski definition) is 2. The molecule has 168 valence electrons. The summed E-state index contributed by atoms with van der Waals surface area (Å²) in [5.74, 6) is -0.314. The summed E-state index contributed by atoms with van der Waals surface area (Å²) in [4.78, 5) is 27.2. The third kappa shape index (κ3) is 3.88. The topological polar surface area (TPSA) is 58.2 Å². The Morgan fingerprint density at radius 1 is 0.529 bits per heavy atom. The van der Waals surface area contributed by atoms with Gasteiger partial charge >= 0.3 is 0 Å². The summed E-state index contributed by atoms with van der Waals surface area (Å²) in [6.45, 7) is 6.52. The molecule has 0 aliphatic heterocycles. The van der Waals surface area contributed by atoms with Crippen molar-refractivity contribution >= 4 is 34.3 Å². The predicted octanol–water partition coefficient (Wildman–Crippen LogP) is 7.25. The fourth-order valence-corrected chi connectivity index (χ4v) is 4.34. The zero-order chi connectivity index (χ0) is 23.9. The van der Waals surface area contributed by atoms with Crippen LogP contribution in [0.25, 0.3) is 0 Å². The number of nitrogens with one attached hydrogen (secondary N) is 2. The Balaban J connectivity index is 1.52. The monoisotopic (exact) mass is 446 g/mol. The second-order valence-corrected chi connectivity index (χ2v) is 9.56. The lowest BCUT2D eigenvalue weighted by Gasteiger charge is -2.23. The molecule has 0 saturated heterocycles. The minimum Gasteiger partial charge on any atom is -0.355 e. The van der Waals surface area contributed by atoms with Gasteiger partial charge in [-0.1, -0.05) is 75.4 Å². The summed E-state index contributed by atoms with van der Waals surface area (Å²) in [7, 11) is 0. The van der Waals surface area contributed by atoms with Crippen LogP contribution in [0.5, 0.6) is 0 Å². The highest BCUT2D eigenvalue weighted by Crippen LogP contribution is 2.37. The fourth-order valence-electron chi connectivity index (χ4n) is 4.34. The summed E-state index contributed by atoms with van der Waals surface area (Å²) in [5, 5.41) is 6.66. The third-order valence-corrected chi connectivity index (χ3v) is 6.16. The maximum atomic E-state index is 13.6. The maximum absolute atomic E-state index is 13.6. The van der Waals surface area contributed by atoms with Crippen LogP contribution in [-0.4, -0.2) is 11.6 Å². The molecule has 0 radical (unpaired) electrons. The van der Waals surface area contributed by atoms with Crippen molar-refractivity contribution in [1.82, 2.24) is 0 Å². The van der Waals surface area contributed by atoms with E-state index >= 15 is 0 Å². The van der Waals surface area contributed by atoms with Crippen LogP contribution in [0, 0.1) is 0 Å². The van der Waals surface area contributed by atoms with Gasteiger partial charge in [0.05, 0.1) is 22.5 Å². The van der Waals surface area contributed by atoms with Crippen LogP contribution in [0.2, 0.25) is 0 Å². The van der Waals surface area contributed by atoms with Gasteiger partial charge in [0, 0.05) is 22.5 Å². The molecule has 4 heteroatoms. The Labute approximate surface area is 199 Å². The number of ketones is 2. The van der Waals surface area contributed by atoms with Gasteiger partial charge in [0.2, 0.25) is 0 Å². The predicted molar refractivity (Wildman–Crippen MR) is 138 cm³/mol. The van der Waals surface area contributed by atoms with Crippen molar-refractivity contribution in [3.63, 3.8) is 0 Å². The average Bonchev–Trinajstić information content (AvgIpc) is 2.83. The molecule has 0 aromatic heterocycles. The molecular weight excluding hydrogens is 420 g/mol. The number of carbonyl (C=O) groups excluding carboxylic acids is 2. The van der Waals surface area contributed by atoms with E-state index in [9.17, 15) is 9.59 Å². The lowest BCUT2D eigenvalue weighted by Crippen LogP contribution is -2.23.